The zero-order chi connectivity index (χ0) is 22.2. The third kappa shape index (κ3) is 3.73. The molecule has 33 heavy (non-hydrogen) atoms. The van der Waals surface area contributed by atoms with Crippen molar-refractivity contribution in [3.05, 3.63) is 71.0 Å². The SMILES string of the molecule is Clc1nc2cc3c(cc2cc1/C=N\Nc1ncnc2scc(-c4ccccc4)c12)OCCO3. The van der Waals surface area contributed by atoms with E-state index < -0.39 is 0 Å². The maximum absolute atomic E-state index is 6.42. The van der Waals surface area contributed by atoms with Crippen LogP contribution in [0.1, 0.15) is 5.56 Å². The van der Waals surface area contributed by atoms with Gasteiger partial charge in [0.1, 0.15) is 29.5 Å². The van der Waals surface area contributed by atoms with Gasteiger partial charge in [0, 0.05) is 28.0 Å². The summed E-state index contributed by atoms with van der Waals surface area (Å²) in [6, 6.07) is 15.8. The minimum atomic E-state index is 0.345. The van der Waals surface area contributed by atoms with Gasteiger partial charge < -0.3 is 9.47 Å². The maximum Gasteiger partial charge on any atom is 0.163 e. The van der Waals surface area contributed by atoms with Crippen LogP contribution in [-0.4, -0.2) is 34.4 Å². The monoisotopic (exact) mass is 473 g/mol. The molecule has 3 aromatic heterocycles. The van der Waals surface area contributed by atoms with E-state index in [-0.39, 0.29) is 0 Å². The normalized spacial score (nSPS) is 13.1. The first-order chi connectivity index (χ1) is 16.3. The summed E-state index contributed by atoms with van der Waals surface area (Å²) < 4.78 is 11.3. The minimum Gasteiger partial charge on any atom is -0.486 e. The van der Waals surface area contributed by atoms with Crippen molar-refractivity contribution in [1.82, 2.24) is 15.0 Å². The van der Waals surface area contributed by atoms with E-state index >= 15 is 0 Å². The van der Waals surface area contributed by atoms with E-state index in [0.717, 1.165) is 32.2 Å². The van der Waals surface area contributed by atoms with Gasteiger partial charge in [0.25, 0.3) is 0 Å². The Morgan fingerprint density at radius 2 is 1.85 bits per heavy atom. The van der Waals surface area contributed by atoms with Crippen LogP contribution in [0, 0.1) is 0 Å². The molecule has 0 radical (unpaired) electrons. The molecule has 7 nitrogen and oxygen atoms in total. The molecule has 1 aliphatic rings. The quantitative estimate of drug-likeness (QED) is 0.202. The van der Waals surface area contributed by atoms with Crippen LogP contribution < -0.4 is 14.9 Å². The average molecular weight is 474 g/mol. The second-order valence-corrected chi connectivity index (χ2v) is 8.56. The molecule has 5 aromatic rings. The van der Waals surface area contributed by atoms with Crippen molar-refractivity contribution in [3.8, 4) is 22.6 Å². The van der Waals surface area contributed by atoms with Crippen molar-refractivity contribution in [3.63, 3.8) is 0 Å². The van der Waals surface area contributed by atoms with Gasteiger partial charge in [0.2, 0.25) is 0 Å². The number of ether oxygens (including phenoxy) is 2. The summed E-state index contributed by atoms with van der Waals surface area (Å²) >= 11 is 8.00. The van der Waals surface area contributed by atoms with E-state index in [2.05, 4.69) is 43.0 Å². The number of fused-ring (bicyclic) bond motifs is 3. The van der Waals surface area contributed by atoms with Gasteiger partial charge in [-0.2, -0.15) is 5.10 Å². The van der Waals surface area contributed by atoms with E-state index in [0.29, 0.717) is 41.2 Å². The number of benzene rings is 2. The highest BCUT2D eigenvalue weighted by atomic mass is 35.5. The van der Waals surface area contributed by atoms with Crippen molar-refractivity contribution < 1.29 is 9.47 Å². The van der Waals surface area contributed by atoms with Crippen LogP contribution in [0.15, 0.2) is 65.3 Å². The van der Waals surface area contributed by atoms with Gasteiger partial charge in [0.15, 0.2) is 17.3 Å². The Kier molecular flexibility index (Phi) is 5.01. The number of halogens is 1. The number of nitrogens with zero attached hydrogens (tertiary/aromatic N) is 4. The summed E-state index contributed by atoms with van der Waals surface area (Å²) in [6.45, 7) is 1.05. The molecule has 0 fully saturated rings. The number of hydrogen-bond donors (Lipinski definition) is 1. The van der Waals surface area contributed by atoms with E-state index in [9.17, 15) is 0 Å². The standard InChI is InChI=1S/C24H16ClN5O2S/c25-22-16(8-15-9-19-20(10-18(15)29-22)32-7-6-31-19)11-28-30-23-21-17(14-4-2-1-3-5-14)12-33-24(21)27-13-26-23/h1-5,8-13H,6-7H2,(H,26,27,30)/b28-11-. The zero-order valence-electron chi connectivity index (χ0n) is 17.2. The average Bonchev–Trinajstić information content (AvgIpc) is 3.29. The molecule has 6 rings (SSSR count). The molecule has 4 heterocycles. The number of hydrazone groups is 1. The summed E-state index contributed by atoms with van der Waals surface area (Å²) in [5.74, 6) is 2.01. The summed E-state index contributed by atoms with van der Waals surface area (Å²) in [7, 11) is 0. The molecule has 162 valence electrons. The van der Waals surface area contributed by atoms with Crippen LogP contribution in [0.5, 0.6) is 11.5 Å². The number of anilines is 1. The van der Waals surface area contributed by atoms with Crippen molar-refractivity contribution in [2.75, 3.05) is 18.6 Å². The second-order valence-electron chi connectivity index (χ2n) is 7.34. The number of rotatable bonds is 4. The molecule has 0 unspecified atom stereocenters. The van der Waals surface area contributed by atoms with Crippen molar-refractivity contribution >= 4 is 56.1 Å². The molecule has 0 saturated heterocycles. The van der Waals surface area contributed by atoms with Gasteiger partial charge in [-0.3, -0.25) is 5.43 Å². The van der Waals surface area contributed by atoms with Gasteiger partial charge >= 0.3 is 0 Å². The number of thiophene rings is 1. The highest BCUT2D eigenvalue weighted by Gasteiger charge is 2.15. The Balaban J connectivity index is 1.33. The molecule has 0 amide bonds. The smallest absolute Gasteiger partial charge is 0.163 e. The van der Waals surface area contributed by atoms with E-state index in [4.69, 9.17) is 21.1 Å². The first kappa shape index (κ1) is 19.9. The van der Waals surface area contributed by atoms with Gasteiger partial charge in [0.05, 0.1) is 17.1 Å². The summed E-state index contributed by atoms with van der Waals surface area (Å²) in [4.78, 5) is 14.2. The van der Waals surface area contributed by atoms with Crippen LogP contribution in [-0.2, 0) is 0 Å². The second kappa shape index (κ2) is 8.31. The highest BCUT2D eigenvalue weighted by molar-refractivity contribution is 7.17. The van der Waals surface area contributed by atoms with Gasteiger partial charge in [-0.05, 0) is 17.7 Å². The molecular formula is C24H16ClN5O2S. The van der Waals surface area contributed by atoms with Crippen LogP contribution in [0.2, 0.25) is 5.15 Å². The number of pyridine rings is 1. The van der Waals surface area contributed by atoms with Crippen LogP contribution >= 0.6 is 22.9 Å². The molecule has 0 atom stereocenters. The molecule has 1 aliphatic heterocycles. The van der Waals surface area contributed by atoms with Gasteiger partial charge in [-0.1, -0.05) is 41.9 Å². The van der Waals surface area contributed by atoms with Crippen molar-refractivity contribution in [1.29, 1.82) is 0 Å². The van der Waals surface area contributed by atoms with Crippen LogP contribution in [0.4, 0.5) is 5.82 Å². The minimum absolute atomic E-state index is 0.345. The van der Waals surface area contributed by atoms with Crippen LogP contribution in [0.25, 0.3) is 32.2 Å². The fourth-order valence-electron chi connectivity index (χ4n) is 3.75. The van der Waals surface area contributed by atoms with Gasteiger partial charge in [-0.15, -0.1) is 11.3 Å². The summed E-state index contributed by atoms with van der Waals surface area (Å²) in [5, 5.41) is 8.64. The largest absolute Gasteiger partial charge is 0.486 e. The van der Waals surface area contributed by atoms with E-state index in [1.165, 1.54) is 6.33 Å². The lowest BCUT2D eigenvalue weighted by Crippen LogP contribution is -2.15. The predicted octanol–water partition coefficient (Wildman–Crippen LogP) is 5.78. The lowest BCUT2D eigenvalue weighted by molar-refractivity contribution is 0.172. The van der Waals surface area contributed by atoms with E-state index in [1.807, 2.05) is 36.4 Å². The molecule has 2 aromatic carbocycles. The Hall–Kier alpha value is -3.75. The predicted molar refractivity (Wildman–Crippen MR) is 132 cm³/mol. The van der Waals surface area contributed by atoms with Crippen molar-refractivity contribution in [2.45, 2.75) is 0 Å². The fourth-order valence-corrected chi connectivity index (χ4v) is 4.86. The molecule has 0 saturated carbocycles. The lowest BCUT2D eigenvalue weighted by Gasteiger charge is -2.18. The Morgan fingerprint density at radius 3 is 2.70 bits per heavy atom. The maximum atomic E-state index is 6.42. The summed E-state index contributed by atoms with van der Waals surface area (Å²) in [6.07, 6.45) is 3.16. The number of hydrogen-bond acceptors (Lipinski definition) is 8. The topological polar surface area (TPSA) is 81.5 Å². The number of nitrogens with one attached hydrogen (secondary N) is 1. The fraction of sp³-hybridized carbons (Fsp3) is 0.0833. The molecule has 1 N–H and O–H groups in total. The Labute approximate surface area is 197 Å². The molecule has 0 spiro atoms. The highest BCUT2D eigenvalue weighted by Crippen LogP contribution is 2.37. The molecule has 0 bridgehead atoms. The molecule has 9 heteroatoms. The first-order valence-corrected chi connectivity index (χ1v) is 11.5. The lowest BCUT2D eigenvalue weighted by atomic mass is 10.1. The van der Waals surface area contributed by atoms with Crippen LogP contribution in [0.3, 0.4) is 0 Å². The summed E-state index contributed by atoms with van der Waals surface area (Å²) in [5.41, 5.74) is 6.62. The third-order valence-corrected chi connectivity index (χ3v) is 6.48. The van der Waals surface area contributed by atoms with Crippen molar-refractivity contribution in [2.24, 2.45) is 5.10 Å². The Bertz CT molecular complexity index is 1520. The first-order valence-electron chi connectivity index (χ1n) is 10.2. The molecular weight excluding hydrogens is 458 g/mol. The zero-order valence-corrected chi connectivity index (χ0v) is 18.7. The van der Waals surface area contributed by atoms with E-state index in [1.54, 1.807) is 17.6 Å². The number of aromatic nitrogens is 3. The Morgan fingerprint density at radius 1 is 1.03 bits per heavy atom. The third-order valence-electron chi connectivity index (χ3n) is 5.29. The van der Waals surface area contributed by atoms with Gasteiger partial charge in [-0.25, -0.2) is 15.0 Å². The molecule has 0 aliphatic carbocycles.